The molecule has 0 unspecified atom stereocenters. The first kappa shape index (κ1) is 26.0. The van der Waals surface area contributed by atoms with Gasteiger partial charge in [0.2, 0.25) is 25.0 Å². The number of hydrogen-bond donors (Lipinski definition) is 0. The summed E-state index contributed by atoms with van der Waals surface area (Å²) in [6, 6.07) is 10.4. The van der Waals surface area contributed by atoms with E-state index in [1.807, 2.05) is 0 Å². The predicted molar refractivity (Wildman–Crippen MR) is 122 cm³/mol. The van der Waals surface area contributed by atoms with Gasteiger partial charge >= 0.3 is 0 Å². The van der Waals surface area contributed by atoms with Crippen LogP contribution in [0.3, 0.4) is 0 Å². The van der Waals surface area contributed by atoms with E-state index in [1.165, 1.54) is 0 Å². The first-order valence-electron chi connectivity index (χ1n) is 10.7. The smallest absolute Gasteiger partial charge is 0.300 e. The molecule has 0 saturated heterocycles. The summed E-state index contributed by atoms with van der Waals surface area (Å²) in [5.41, 5.74) is 0. The Morgan fingerprint density at radius 3 is 0.680 bits per heavy atom. The maximum Gasteiger partial charge on any atom is 0.300 e. The zero-order valence-electron chi connectivity index (χ0n) is 18.5. The molecule has 0 spiro atoms. The van der Waals surface area contributed by atoms with Crippen molar-refractivity contribution in [1.82, 2.24) is 0 Å². The minimum Gasteiger partial charge on any atom is -0.355 e. The summed E-state index contributed by atoms with van der Waals surface area (Å²) in [6.07, 6.45) is 0. The Bertz CT molecular complexity index is 269. The van der Waals surface area contributed by atoms with Crippen LogP contribution in [0.2, 0.25) is 54.4 Å². The molecule has 152 valence electrons. The van der Waals surface area contributed by atoms with Crippen molar-refractivity contribution in [3.05, 3.63) is 0 Å². The molecule has 0 amide bonds. The lowest BCUT2D eigenvalue weighted by atomic mass is 10.9. The molecule has 0 aliphatic heterocycles. The zero-order chi connectivity index (χ0) is 19.6. The third-order valence-electron chi connectivity index (χ3n) is 6.60. The molecule has 0 fully saturated rings. The van der Waals surface area contributed by atoms with Crippen molar-refractivity contribution in [3.8, 4) is 0 Å². The Hall–Kier alpha value is 0.961. The third-order valence-corrected chi connectivity index (χ3v) is 24.6. The minimum absolute atomic E-state index is 1.16. The van der Waals surface area contributed by atoms with Crippen molar-refractivity contribution in [1.29, 1.82) is 0 Å². The number of rotatable bonds is 15. The average Bonchev–Trinajstić information content (AvgIpc) is 2.68. The van der Waals surface area contributed by atoms with Gasteiger partial charge in [0.05, 0.1) is 0 Å². The van der Waals surface area contributed by atoms with Crippen molar-refractivity contribution >= 4 is 33.6 Å². The van der Waals surface area contributed by atoms with Crippen molar-refractivity contribution in [2.75, 3.05) is 0 Å². The molecule has 0 radical (unpaired) electrons. The molecule has 0 N–H and O–H groups in total. The molecule has 0 saturated carbocycles. The highest BCUT2D eigenvalue weighted by atomic mass is 31.2. The molecule has 0 aromatic rings. The molecule has 0 aliphatic carbocycles. The van der Waals surface area contributed by atoms with Gasteiger partial charge in [0, 0.05) is 0 Å². The molecule has 0 aliphatic rings. The average molecular weight is 425 g/mol. The summed E-state index contributed by atoms with van der Waals surface area (Å²) in [7, 11) is -6.39. The molecule has 0 heterocycles. The van der Waals surface area contributed by atoms with Crippen LogP contribution in [0.1, 0.15) is 62.3 Å². The van der Waals surface area contributed by atoms with Gasteiger partial charge in [-0.1, -0.05) is 62.3 Å². The van der Waals surface area contributed by atoms with Crippen molar-refractivity contribution in [2.45, 2.75) is 117 Å². The van der Waals surface area contributed by atoms with E-state index in [9.17, 15) is 0 Å². The van der Waals surface area contributed by atoms with E-state index in [2.05, 4.69) is 62.3 Å². The Balaban J connectivity index is 5.64. The molecule has 3 nitrogen and oxygen atoms in total. The lowest BCUT2D eigenvalue weighted by Gasteiger charge is -2.40. The largest absolute Gasteiger partial charge is 0.355 e. The van der Waals surface area contributed by atoms with Crippen molar-refractivity contribution in [2.24, 2.45) is 0 Å². The Morgan fingerprint density at radius 2 is 0.560 bits per heavy atom. The summed E-state index contributed by atoms with van der Waals surface area (Å²) in [4.78, 5) is 0. The lowest BCUT2D eigenvalue weighted by Crippen LogP contribution is -2.42. The first-order chi connectivity index (χ1) is 11.8. The van der Waals surface area contributed by atoms with Gasteiger partial charge in [-0.15, -0.1) is 0 Å². The van der Waals surface area contributed by atoms with E-state index in [0.29, 0.717) is 0 Å². The Labute approximate surface area is 163 Å². The Kier molecular flexibility index (Phi) is 12.9. The van der Waals surface area contributed by atoms with Crippen LogP contribution in [0.5, 0.6) is 0 Å². The SMILES string of the molecule is CC[Si](CC)(CC)OP(O[Si](CC)(CC)CC)O[Si](CC)(CC)CC. The summed E-state index contributed by atoms with van der Waals surface area (Å²) >= 11 is 0. The van der Waals surface area contributed by atoms with Crippen LogP contribution in [-0.4, -0.2) is 25.0 Å². The van der Waals surface area contributed by atoms with Crippen LogP contribution in [0.15, 0.2) is 0 Å². The molecule has 0 atom stereocenters. The molecule has 0 rings (SSSR count). The standard InChI is InChI=1S/C18H45O3PSi3/c1-10-23(11-2,12-3)19-22(20-24(13-4,14-5)15-6)21-25(16-7,17-8)18-9/h10-18H2,1-9H3. The normalized spacial score (nSPS) is 13.7. The van der Waals surface area contributed by atoms with Crippen molar-refractivity contribution in [3.63, 3.8) is 0 Å². The van der Waals surface area contributed by atoms with Crippen LogP contribution in [-0.2, 0) is 12.6 Å². The van der Waals surface area contributed by atoms with Gasteiger partial charge in [-0.05, 0) is 54.4 Å². The van der Waals surface area contributed by atoms with Gasteiger partial charge in [0.25, 0.3) is 8.60 Å². The minimum atomic E-state index is -1.73. The molecule has 0 aromatic carbocycles. The van der Waals surface area contributed by atoms with E-state index < -0.39 is 33.6 Å². The fraction of sp³-hybridized carbons (Fsp3) is 1.00. The van der Waals surface area contributed by atoms with Crippen LogP contribution >= 0.6 is 8.60 Å². The van der Waals surface area contributed by atoms with Crippen LogP contribution in [0, 0.1) is 0 Å². The quantitative estimate of drug-likeness (QED) is 0.195. The molecule has 0 bridgehead atoms. The van der Waals surface area contributed by atoms with E-state index in [-0.39, 0.29) is 0 Å². The van der Waals surface area contributed by atoms with Gasteiger partial charge in [-0.25, -0.2) is 0 Å². The summed E-state index contributed by atoms with van der Waals surface area (Å²) < 4.78 is 20.5. The van der Waals surface area contributed by atoms with Gasteiger partial charge < -0.3 is 12.6 Å². The molecule has 0 aromatic heterocycles. The third kappa shape index (κ3) is 7.13. The maximum absolute atomic E-state index is 6.84. The molecule has 25 heavy (non-hydrogen) atoms. The Morgan fingerprint density at radius 1 is 0.400 bits per heavy atom. The van der Waals surface area contributed by atoms with Crippen molar-refractivity contribution < 1.29 is 12.6 Å². The zero-order valence-corrected chi connectivity index (χ0v) is 22.4. The fourth-order valence-electron chi connectivity index (χ4n) is 3.36. The second kappa shape index (κ2) is 12.4. The second-order valence-electron chi connectivity index (χ2n) is 7.23. The summed E-state index contributed by atoms with van der Waals surface area (Å²) in [6.45, 7) is 20.6. The van der Waals surface area contributed by atoms with E-state index in [4.69, 9.17) is 12.6 Å². The van der Waals surface area contributed by atoms with E-state index >= 15 is 0 Å². The summed E-state index contributed by atoms with van der Waals surface area (Å²) in [5.74, 6) is 0. The van der Waals surface area contributed by atoms with Gasteiger partial charge in [0.15, 0.2) is 0 Å². The topological polar surface area (TPSA) is 27.7 Å². The monoisotopic (exact) mass is 424 g/mol. The van der Waals surface area contributed by atoms with Gasteiger partial charge in [-0.3, -0.25) is 0 Å². The van der Waals surface area contributed by atoms with E-state index in [0.717, 1.165) is 54.4 Å². The highest BCUT2D eigenvalue weighted by Crippen LogP contribution is 2.53. The fourth-order valence-corrected chi connectivity index (χ4v) is 17.8. The highest BCUT2D eigenvalue weighted by Gasteiger charge is 2.43. The van der Waals surface area contributed by atoms with Crippen LogP contribution < -0.4 is 0 Å². The maximum atomic E-state index is 6.84. The molecular formula is C18H45O3PSi3. The van der Waals surface area contributed by atoms with Gasteiger partial charge in [0.1, 0.15) is 0 Å². The second-order valence-corrected chi connectivity index (χ2v) is 23.3. The van der Waals surface area contributed by atoms with Gasteiger partial charge in [-0.2, -0.15) is 0 Å². The summed E-state index contributed by atoms with van der Waals surface area (Å²) in [5, 5.41) is 0. The van der Waals surface area contributed by atoms with Crippen LogP contribution in [0.4, 0.5) is 0 Å². The van der Waals surface area contributed by atoms with Crippen LogP contribution in [0.25, 0.3) is 0 Å². The molecule has 7 heteroatoms. The first-order valence-corrected chi connectivity index (χ1v) is 19.4. The predicted octanol–water partition coefficient (Wildman–Crippen LogP) is 8.28. The lowest BCUT2D eigenvalue weighted by molar-refractivity contribution is 0.365. The molecular weight excluding hydrogens is 379 g/mol. The highest BCUT2D eigenvalue weighted by molar-refractivity contribution is 7.47. The number of hydrogen-bond acceptors (Lipinski definition) is 3. The van der Waals surface area contributed by atoms with E-state index in [1.54, 1.807) is 0 Å².